The molecule has 3 atom stereocenters. The molecule has 1 aromatic carbocycles. The highest BCUT2D eigenvalue weighted by Crippen LogP contribution is 2.32. The predicted octanol–water partition coefficient (Wildman–Crippen LogP) is 3.06. The highest BCUT2D eigenvalue weighted by Gasteiger charge is 2.29. The third-order valence-corrected chi connectivity index (χ3v) is 12.3. The van der Waals surface area contributed by atoms with Gasteiger partial charge in [0.05, 0.1) is 42.9 Å². The van der Waals surface area contributed by atoms with Crippen molar-refractivity contribution in [3.05, 3.63) is 93.8 Å². The van der Waals surface area contributed by atoms with Crippen LogP contribution in [0.3, 0.4) is 0 Å². The molecule has 5 heterocycles. The van der Waals surface area contributed by atoms with Crippen molar-refractivity contribution >= 4 is 46.1 Å². The maximum atomic E-state index is 13.6. The number of carbonyl (C=O) groups excluding carboxylic acids is 3. The van der Waals surface area contributed by atoms with Gasteiger partial charge in [-0.25, -0.2) is 14.6 Å². The minimum Gasteiger partial charge on any atom is -0.382 e. The molecule has 0 radical (unpaired) electrons. The van der Waals surface area contributed by atoms with Gasteiger partial charge >= 0.3 is 0 Å². The standard InChI is InChI=1S/C47H63N13O6/c1-30(2)24-39(52-45(64)42(62)38(48)25-33-10-6-5-7-11-33)44(63)49-16-22-66-23-21-59-29-34(55-56-59)28-57-17-19-58(20-18-57)36-14-15-40(50-26-36)53-47-51-27-37-31(3)41(32(4)61)46(65)60(43(37)54-47)35-12-8-9-13-35/h5-7,10-11,14-15,26-27,29-30,35,38-39,42,62H,8-9,12-13,16-25,28,48H2,1-4H3,(H,49,63)(H,52,64)(H,50,51,53,54). The summed E-state index contributed by atoms with van der Waals surface area (Å²) in [4.78, 5) is 70.5. The summed E-state index contributed by atoms with van der Waals surface area (Å²) in [7, 11) is 0. The first-order valence-electron chi connectivity index (χ1n) is 23.0. The topological polar surface area (TPSA) is 241 Å². The van der Waals surface area contributed by atoms with E-state index in [1.807, 2.05) is 68.7 Å². The normalized spacial score (nSPS) is 16.1. The Balaban J connectivity index is 0.815. The first-order valence-corrected chi connectivity index (χ1v) is 23.0. The Bertz CT molecular complexity index is 2480. The lowest BCUT2D eigenvalue weighted by atomic mass is 10.00. The van der Waals surface area contributed by atoms with Crippen molar-refractivity contribution in [2.24, 2.45) is 11.7 Å². The number of pyridine rings is 2. The molecule has 352 valence electrons. The van der Waals surface area contributed by atoms with Crippen LogP contribution in [0.4, 0.5) is 17.5 Å². The van der Waals surface area contributed by atoms with Crippen molar-refractivity contribution in [1.82, 2.24) is 50.0 Å². The fourth-order valence-electron chi connectivity index (χ4n) is 8.77. The molecule has 1 saturated heterocycles. The van der Waals surface area contributed by atoms with Crippen molar-refractivity contribution in [2.75, 3.05) is 56.2 Å². The fraction of sp³-hybridized carbons (Fsp3) is 0.511. The van der Waals surface area contributed by atoms with Crippen molar-refractivity contribution in [1.29, 1.82) is 0 Å². The number of amides is 2. The van der Waals surface area contributed by atoms with Gasteiger partial charge < -0.3 is 36.4 Å². The summed E-state index contributed by atoms with van der Waals surface area (Å²) < 4.78 is 9.21. The molecular weight excluding hydrogens is 843 g/mol. The summed E-state index contributed by atoms with van der Waals surface area (Å²) >= 11 is 0. The van der Waals surface area contributed by atoms with Gasteiger partial charge in [-0.15, -0.1) is 5.10 Å². The van der Waals surface area contributed by atoms with Gasteiger partial charge in [0.1, 0.15) is 23.6 Å². The second-order valence-corrected chi connectivity index (χ2v) is 17.8. The zero-order chi connectivity index (χ0) is 46.7. The minimum atomic E-state index is -1.46. The highest BCUT2D eigenvalue weighted by atomic mass is 16.5. The average Bonchev–Trinajstić information content (AvgIpc) is 4.00. The lowest BCUT2D eigenvalue weighted by Crippen LogP contribution is -2.54. The number of aliphatic hydroxyl groups excluding tert-OH is 1. The van der Waals surface area contributed by atoms with E-state index in [1.54, 1.807) is 22.4 Å². The van der Waals surface area contributed by atoms with E-state index in [2.05, 4.69) is 46.0 Å². The first-order chi connectivity index (χ1) is 31.8. The van der Waals surface area contributed by atoms with Gasteiger partial charge in [0.15, 0.2) is 5.78 Å². The van der Waals surface area contributed by atoms with Crippen molar-refractivity contribution in [3.8, 4) is 0 Å². The molecule has 0 bridgehead atoms. The summed E-state index contributed by atoms with van der Waals surface area (Å²) in [5.41, 5.74) is 9.97. The number of aryl methyl sites for hydroxylation is 1. The second-order valence-electron chi connectivity index (χ2n) is 17.8. The largest absolute Gasteiger partial charge is 0.382 e. The van der Waals surface area contributed by atoms with Crippen LogP contribution in [0.5, 0.6) is 0 Å². The molecule has 2 amide bonds. The molecule has 2 fully saturated rings. The Morgan fingerprint density at radius 1 is 0.970 bits per heavy atom. The fourth-order valence-corrected chi connectivity index (χ4v) is 8.77. The Morgan fingerprint density at radius 2 is 1.73 bits per heavy atom. The van der Waals surface area contributed by atoms with E-state index in [0.717, 1.165) is 68.8 Å². The number of hydrogen-bond donors (Lipinski definition) is 5. The predicted molar refractivity (Wildman–Crippen MR) is 250 cm³/mol. The van der Waals surface area contributed by atoms with Gasteiger partial charge in [-0.05, 0) is 68.7 Å². The van der Waals surface area contributed by atoms with Gasteiger partial charge in [-0.3, -0.25) is 28.6 Å². The number of nitrogens with zero attached hydrogens (tertiary/aromatic N) is 9. The molecule has 5 aromatic rings. The molecule has 0 spiro atoms. The number of nitrogens with two attached hydrogens (primary N) is 1. The minimum absolute atomic E-state index is 0.000515. The van der Waals surface area contributed by atoms with E-state index in [1.165, 1.54) is 6.92 Å². The third-order valence-electron chi connectivity index (χ3n) is 12.3. The number of benzene rings is 1. The summed E-state index contributed by atoms with van der Waals surface area (Å²) in [6, 6.07) is 11.7. The van der Waals surface area contributed by atoms with Crippen LogP contribution in [-0.2, 0) is 33.8 Å². The molecular formula is C47H63N13O6. The number of anilines is 3. The molecule has 1 aliphatic heterocycles. The van der Waals surface area contributed by atoms with Crippen LogP contribution in [0.2, 0.25) is 0 Å². The lowest BCUT2D eigenvalue weighted by molar-refractivity contribution is -0.135. The number of carbonyl (C=O) groups is 3. The summed E-state index contributed by atoms with van der Waals surface area (Å²) in [6.07, 6.45) is 8.52. The number of aliphatic hydroxyl groups is 1. The Kier molecular flexibility index (Phi) is 16.2. The number of aromatic nitrogens is 7. The maximum absolute atomic E-state index is 13.6. The zero-order valence-electron chi connectivity index (χ0n) is 38.4. The van der Waals surface area contributed by atoms with Gasteiger partial charge in [0, 0.05) is 69.1 Å². The van der Waals surface area contributed by atoms with Crippen LogP contribution < -0.4 is 32.1 Å². The molecule has 6 N–H and O–H groups in total. The smallest absolute Gasteiger partial charge is 0.263 e. The summed E-state index contributed by atoms with van der Waals surface area (Å²) in [5, 5.41) is 28.7. The van der Waals surface area contributed by atoms with E-state index in [4.69, 9.17) is 15.5 Å². The van der Waals surface area contributed by atoms with Crippen LogP contribution in [0.15, 0.2) is 65.8 Å². The van der Waals surface area contributed by atoms with Gasteiger partial charge in [-0.2, -0.15) is 4.98 Å². The number of hydrogen-bond acceptors (Lipinski definition) is 15. The van der Waals surface area contributed by atoms with Crippen LogP contribution in [0, 0.1) is 12.8 Å². The number of nitrogens with one attached hydrogen (secondary N) is 3. The van der Waals surface area contributed by atoms with Gasteiger partial charge in [0.25, 0.3) is 11.5 Å². The van der Waals surface area contributed by atoms with Crippen LogP contribution in [0.1, 0.15) is 86.1 Å². The van der Waals surface area contributed by atoms with Gasteiger partial charge in [0.2, 0.25) is 11.9 Å². The first kappa shape index (κ1) is 47.8. The quantitative estimate of drug-likeness (QED) is 0.0525. The van der Waals surface area contributed by atoms with E-state index >= 15 is 0 Å². The Morgan fingerprint density at radius 3 is 2.42 bits per heavy atom. The van der Waals surface area contributed by atoms with Crippen LogP contribution in [-0.4, -0.2) is 126 Å². The van der Waals surface area contributed by atoms with E-state index in [0.29, 0.717) is 60.9 Å². The molecule has 19 nitrogen and oxygen atoms in total. The van der Waals surface area contributed by atoms with E-state index < -0.39 is 24.1 Å². The molecule has 1 saturated carbocycles. The monoisotopic (exact) mass is 906 g/mol. The highest BCUT2D eigenvalue weighted by molar-refractivity contribution is 5.99. The Labute approximate surface area is 384 Å². The van der Waals surface area contributed by atoms with Crippen molar-refractivity contribution in [2.45, 2.75) is 104 Å². The number of ether oxygens (including phenoxy) is 1. The average molecular weight is 906 g/mol. The van der Waals surface area contributed by atoms with Crippen molar-refractivity contribution < 1.29 is 24.2 Å². The van der Waals surface area contributed by atoms with Crippen LogP contribution >= 0.6 is 0 Å². The Hall–Kier alpha value is -6.15. The molecule has 4 aromatic heterocycles. The summed E-state index contributed by atoms with van der Waals surface area (Å²) in [6.45, 7) is 12.5. The lowest BCUT2D eigenvalue weighted by Gasteiger charge is -2.35. The van der Waals surface area contributed by atoms with Gasteiger partial charge in [-0.1, -0.05) is 62.2 Å². The zero-order valence-corrected chi connectivity index (χ0v) is 38.4. The second kappa shape index (κ2) is 22.4. The molecule has 7 rings (SSSR count). The molecule has 1 aliphatic carbocycles. The SMILES string of the molecule is CC(=O)c1c(C)c2cnc(Nc3ccc(N4CCN(Cc5cn(CCOCCNC(=O)C(CC(C)C)NC(=O)C(O)C(N)Cc6ccccc6)nn5)CC4)cn3)nc2n(C2CCCC2)c1=O. The van der Waals surface area contributed by atoms with Crippen LogP contribution in [0.25, 0.3) is 11.0 Å². The molecule has 3 unspecified atom stereocenters. The van der Waals surface area contributed by atoms with Crippen molar-refractivity contribution in [3.63, 3.8) is 0 Å². The number of ketones is 1. The summed E-state index contributed by atoms with van der Waals surface area (Å²) in [5.74, 6) is -0.241. The number of piperazine rings is 1. The number of fused-ring (bicyclic) bond motifs is 1. The number of Topliss-reactive ketones (excluding diaryl/α,β-unsaturated/α-hetero) is 1. The third kappa shape index (κ3) is 12.2. The maximum Gasteiger partial charge on any atom is 0.263 e. The molecule has 66 heavy (non-hydrogen) atoms. The van der Waals surface area contributed by atoms with E-state index in [9.17, 15) is 24.3 Å². The number of rotatable bonds is 21. The molecule has 2 aliphatic rings. The van der Waals surface area contributed by atoms with E-state index in [-0.39, 0.29) is 47.9 Å². The molecule has 19 heteroatoms.